The molecule has 2 rings (SSSR count). The third-order valence-electron chi connectivity index (χ3n) is 3.04. The second-order valence-corrected chi connectivity index (χ2v) is 5.80. The molecule has 1 aromatic heterocycles. The van der Waals surface area contributed by atoms with Crippen molar-refractivity contribution < 1.29 is 29.6 Å². The lowest BCUT2D eigenvalue weighted by atomic mass is 10.2. The van der Waals surface area contributed by atoms with Gasteiger partial charge in [-0.2, -0.15) is 0 Å². The van der Waals surface area contributed by atoms with E-state index in [0.29, 0.717) is 4.73 Å². The van der Waals surface area contributed by atoms with Gasteiger partial charge in [0.05, 0.1) is 11.3 Å². The number of nitro benzene ring substituents is 1. The number of aromatic nitrogens is 1. The summed E-state index contributed by atoms with van der Waals surface area (Å²) in [4.78, 5) is 38.8. The molecule has 0 aliphatic heterocycles. The molecule has 1 aromatic carbocycles. The number of nitrogens with two attached hydrogens (primary N) is 1. The van der Waals surface area contributed by atoms with E-state index in [4.69, 9.17) is 10.6 Å². The highest BCUT2D eigenvalue weighted by molar-refractivity contribution is 7.97. The summed E-state index contributed by atoms with van der Waals surface area (Å²) in [6.07, 6.45) is -0.477. The summed E-state index contributed by atoms with van der Waals surface area (Å²) >= 11 is 0.740. The molecule has 0 fully saturated rings. The number of aromatic hydroxyl groups is 2. The first-order valence-corrected chi connectivity index (χ1v) is 7.87. The van der Waals surface area contributed by atoms with E-state index in [1.807, 2.05) is 0 Å². The second-order valence-electron chi connectivity index (χ2n) is 4.92. The molecule has 2 aromatic rings. The smallest absolute Gasteiger partial charge is 0.351 e. The van der Waals surface area contributed by atoms with E-state index >= 15 is 0 Å². The van der Waals surface area contributed by atoms with Gasteiger partial charge in [-0.1, -0.05) is 12.1 Å². The summed E-state index contributed by atoms with van der Waals surface area (Å²) in [6.45, 7) is 0. The number of para-hydroxylation sites is 1. The van der Waals surface area contributed by atoms with Crippen LogP contribution in [0.4, 0.5) is 5.69 Å². The van der Waals surface area contributed by atoms with Crippen molar-refractivity contribution in [3.63, 3.8) is 0 Å². The maximum atomic E-state index is 12.2. The van der Waals surface area contributed by atoms with E-state index in [-0.39, 0.29) is 10.6 Å². The van der Waals surface area contributed by atoms with Crippen molar-refractivity contribution in [1.29, 1.82) is 0 Å². The molecule has 0 spiro atoms. The van der Waals surface area contributed by atoms with Crippen molar-refractivity contribution in [1.82, 2.24) is 9.45 Å². The van der Waals surface area contributed by atoms with E-state index in [1.165, 1.54) is 18.2 Å². The molecule has 11 nitrogen and oxygen atoms in total. The van der Waals surface area contributed by atoms with Crippen molar-refractivity contribution in [3.05, 3.63) is 46.5 Å². The fourth-order valence-electron chi connectivity index (χ4n) is 1.85. The Morgan fingerprint density at radius 2 is 1.88 bits per heavy atom. The number of primary amides is 1. The zero-order chi connectivity index (χ0) is 19.3. The number of rotatable bonds is 8. The molecule has 0 bridgehead atoms. The lowest BCUT2D eigenvalue weighted by Crippen LogP contribution is -2.41. The van der Waals surface area contributed by atoms with Crippen LogP contribution in [0.3, 0.4) is 0 Å². The molecule has 138 valence electrons. The summed E-state index contributed by atoms with van der Waals surface area (Å²) in [6, 6.07) is 6.65. The number of nitro groups is 1. The lowest BCUT2D eigenvalue weighted by Gasteiger charge is -2.16. The molecule has 0 aliphatic carbocycles. The van der Waals surface area contributed by atoms with Crippen LogP contribution in [-0.2, 0) is 9.59 Å². The average molecular weight is 382 g/mol. The second kappa shape index (κ2) is 8.22. The minimum atomic E-state index is -1.29. The van der Waals surface area contributed by atoms with E-state index in [0.717, 1.165) is 24.1 Å². The zero-order valence-electron chi connectivity index (χ0n) is 13.1. The van der Waals surface area contributed by atoms with Crippen LogP contribution in [0, 0.1) is 10.1 Å². The predicted molar refractivity (Wildman–Crippen MR) is 89.0 cm³/mol. The average Bonchev–Trinajstić information content (AvgIpc) is 2.90. The Morgan fingerprint density at radius 1 is 1.27 bits per heavy atom. The number of amides is 1. The van der Waals surface area contributed by atoms with Crippen LogP contribution in [0.2, 0.25) is 0 Å². The van der Waals surface area contributed by atoms with Gasteiger partial charge in [0.15, 0.2) is 0 Å². The topological polar surface area (TPSA) is 170 Å². The SMILES string of the molecule is NC(=O)CC(NSc1ccccc1[N+](=O)[O-])C(=O)On1c(O)ccc1O. The van der Waals surface area contributed by atoms with Gasteiger partial charge < -0.3 is 20.8 Å². The molecule has 0 saturated carbocycles. The van der Waals surface area contributed by atoms with Crippen LogP contribution in [0.1, 0.15) is 6.42 Å². The molecule has 1 unspecified atom stereocenters. The molecule has 1 heterocycles. The Balaban J connectivity index is 2.14. The van der Waals surface area contributed by atoms with Crippen molar-refractivity contribution >= 4 is 29.5 Å². The maximum Gasteiger partial charge on any atom is 0.351 e. The summed E-state index contributed by atoms with van der Waals surface area (Å²) < 4.78 is 3.03. The Labute approximate surface area is 150 Å². The predicted octanol–water partition coefficient (Wildman–Crippen LogP) is 0.304. The number of carbonyl (C=O) groups excluding carboxylic acids is 2. The van der Waals surface area contributed by atoms with Crippen LogP contribution in [0.5, 0.6) is 11.8 Å². The summed E-state index contributed by atoms with van der Waals surface area (Å²) in [5.41, 5.74) is 4.90. The van der Waals surface area contributed by atoms with Gasteiger partial charge in [-0.15, -0.1) is 4.73 Å². The standard InChI is InChI=1S/C14H14N4O7S/c15-11(19)7-8(14(22)25-17-12(20)5-6-13(17)21)16-26-10-4-2-1-3-9(10)18(23)24/h1-6,8,16,20-21H,7H2,(H2,15,19). The molecular weight excluding hydrogens is 368 g/mol. The summed E-state index contributed by atoms with van der Waals surface area (Å²) in [5.74, 6) is -2.96. The lowest BCUT2D eigenvalue weighted by molar-refractivity contribution is -0.387. The van der Waals surface area contributed by atoms with Crippen LogP contribution < -0.4 is 15.3 Å². The molecule has 1 amide bonds. The summed E-state index contributed by atoms with van der Waals surface area (Å²) in [5, 5.41) is 30.0. The van der Waals surface area contributed by atoms with E-state index in [1.54, 1.807) is 6.07 Å². The minimum Gasteiger partial charge on any atom is -0.492 e. The van der Waals surface area contributed by atoms with Gasteiger partial charge in [-0.05, 0) is 18.0 Å². The van der Waals surface area contributed by atoms with Crippen LogP contribution in [0.15, 0.2) is 41.3 Å². The largest absolute Gasteiger partial charge is 0.492 e. The monoisotopic (exact) mass is 382 g/mol. The van der Waals surface area contributed by atoms with Crippen LogP contribution in [-0.4, -0.2) is 37.8 Å². The molecule has 1 atom stereocenters. The van der Waals surface area contributed by atoms with Crippen molar-refractivity contribution in [2.45, 2.75) is 17.4 Å². The highest BCUT2D eigenvalue weighted by atomic mass is 32.2. The van der Waals surface area contributed by atoms with Gasteiger partial charge >= 0.3 is 5.97 Å². The van der Waals surface area contributed by atoms with Gasteiger partial charge in [0, 0.05) is 18.2 Å². The number of nitrogens with one attached hydrogen (secondary N) is 1. The Morgan fingerprint density at radius 3 is 2.46 bits per heavy atom. The van der Waals surface area contributed by atoms with Crippen molar-refractivity contribution in [3.8, 4) is 11.8 Å². The van der Waals surface area contributed by atoms with Gasteiger partial charge in [0.2, 0.25) is 17.7 Å². The highest BCUT2D eigenvalue weighted by Crippen LogP contribution is 2.27. The Bertz CT molecular complexity index is 819. The normalized spacial score (nSPS) is 11.7. The third kappa shape index (κ3) is 4.64. The third-order valence-corrected chi connectivity index (χ3v) is 4.01. The maximum absolute atomic E-state index is 12.2. The quantitative estimate of drug-likeness (QED) is 0.285. The van der Waals surface area contributed by atoms with Crippen molar-refractivity contribution in [2.24, 2.45) is 5.73 Å². The minimum absolute atomic E-state index is 0.197. The van der Waals surface area contributed by atoms with Crippen LogP contribution in [0.25, 0.3) is 0 Å². The Hall–Kier alpha value is -3.25. The fraction of sp³-hybridized carbons (Fsp3) is 0.143. The van der Waals surface area contributed by atoms with Crippen molar-refractivity contribution in [2.75, 3.05) is 0 Å². The number of benzene rings is 1. The number of carbonyl (C=O) groups is 2. The molecule has 0 saturated heterocycles. The first-order chi connectivity index (χ1) is 12.3. The van der Waals surface area contributed by atoms with E-state index in [2.05, 4.69) is 4.72 Å². The first-order valence-electron chi connectivity index (χ1n) is 7.05. The Kier molecular flexibility index (Phi) is 6.03. The van der Waals surface area contributed by atoms with Gasteiger partial charge in [0.25, 0.3) is 5.69 Å². The first kappa shape index (κ1) is 19.1. The zero-order valence-corrected chi connectivity index (χ0v) is 13.9. The molecular formula is C14H14N4O7S. The molecule has 26 heavy (non-hydrogen) atoms. The molecule has 12 heteroatoms. The number of nitrogens with zero attached hydrogens (tertiary/aromatic N) is 2. The highest BCUT2D eigenvalue weighted by Gasteiger charge is 2.26. The summed E-state index contributed by atoms with van der Waals surface area (Å²) in [7, 11) is 0. The van der Waals surface area contributed by atoms with Gasteiger partial charge in [0.1, 0.15) is 10.9 Å². The van der Waals surface area contributed by atoms with Gasteiger partial charge in [-0.25, -0.2) is 9.52 Å². The number of hydrogen-bond donors (Lipinski definition) is 4. The van der Waals surface area contributed by atoms with E-state index in [9.17, 15) is 29.9 Å². The van der Waals surface area contributed by atoms with Crippen LogP contribution >= 0.6 is 11.9 Å². The fourth-order valence-corrected chi connectivity index (χ4v) is 2.69. The van der Waals surface area contributed by atoms with Gasteiger partial charge in [-0.3, -0.25) is 14.9 Å². The van der Waals surface area contributed by atoms with E-state index < -0.39 is 41.0 Å². The number of hydrogen-bond acceptors (Lipinski definition) is 9. The molecule has 5 N–H and O–H groups in total. The molecule has 0 radical (unpaired) electrons. The molecule has 0 aliphatic rings.